The van der Waals surface area contributed by atoms with Gasteiger partial charge in [-0.05, 0) is 43.0 Å². The van der Waals surface area contributed by atoms with Crippen molar-refractivity contribution in [3.63, 3.8) is 0 Å². The van der Waals surface area contributed by atoms with Gasteiger partial charge in [0, 0.05) is 21.7 Å². The van der Waals surface area contributed by atoms with E-state index in [1.54, 1.807) is 36.0 Å². The van der Waals surface area contributed by atoms with Gasteiger partial charge in [0.05, 0.1) is 0 Å². The van der Waals surface area contributed by atoms with Gasteiger partial charge in [0.25, 0.3) is 5.91 Å². The van der Waals surface area contributed by atoms with Gasteiger partial charge in [-0.2, -0.15) is 0 Å². The number of hydrogen-bond acceptors (Lipinski definition) is 5. The lowest BCUT2D eigenvalue weighted by atomic mass is 10.1. The molecule has 0 saturated heterocycles. The van der Waals surface area contributed by atoms with Gasteiger partial charge in [-0.1, -0.05) is 23.4 Å². The Hall–Kier alpha value is -2.80. The number of aryl methyl sites for hydroxylation is 1. The van der Waals surface area contributed by atoms with E-state index in [4.69, 9.17) is 0 Å². The third kappa shape index (κ3) is 3.41. The summed E-state index contributed by atoms with van der Waals surface area (Å²) in [5.74, 6) is -0.491. The maximum atomic E-state index is 12.5. The second-order valence-corrected chi connectivity index (χ2v) is 6.04. The monoisotopic (exact) mass is 341 g/mol. The number of carbonyl (C=O) groups excluding carboxylic acids is 1. The van der Waals surface area contributed by atoms with Crippen LogP contribution >= 0.6 is 11.8 Å². The summed E-state index contributed by atoms with van der Waals surface area (Å²) >= 11 is 1.59. The third-order valence-corrected chi connectivity index (χ3v) is 4.25. The number of nitrogens with one attached hydrogen (secondary N) is 2. The molecule has 3 rings (SSSR count). The van der Waals surface area contributed by atoms with Gasteiger partial charge in [0.2, 0.25) is 0 Å². The molecule has 0 atom stereocenters. The molecule has 7 heteroatoms. The number of hydrogen-bond donors (Lipinski definition) is 2. The highest BCUT2D eigenvalue weighted by Crippen LogP contribution is 2.22. The first-order chi connectivity index (χ1) is 11.6. The minimum absolute atomic E-state index is 0.186. The fourth-order valence-electron chi connectivity index (χ4n) is 2.27. The number of benzene rings is 2. The van der Waals surface area contributed by atoms with E-state index >= 15 is 0 Å². The van der Waals surface area contributed by atoms with Crippen LogP contribution in [0.2, 0.25) is 0 Å². The molecule has 1 amide bonds. The van der Waals surface area contributed by atoms with Gasteiger partial charge in [-0.15, -0.1) is 11.8 Å². The number of aromatic nitrogens is 2. The van der Waals surface area contributed by atoms with E-state index in [1.807, 2.05) is 31.4 Å². The summed E-state index contributed by atoms with van der Waals surface area (Å²) in [7, 11) is 0. The van der Waals surface area contributed by atoms with Crippen LogP contribution in [0.5, 0.6) is 0 Å². The molecule has 0 fully saturated rings. The molecule has 122 valence electrons. The maximum absolute atomic E-state index is 12.5. The summed E-state index contributed by atoms with van der Waals surface area (Å²) in [6.45, 7) is 1.90. The van der Waals surface area contributed by atoms with Crippen molar-refractivity contribution in [1.29, 1.82) is 0 Å². The van der Waals surface area contributed by atoms with Crippen LogP contribution in [0.4, 0.5) is 5.69 Å². The number of anilines is 1. The summed E-state index contributed by atoms with van der Waals surface area (Å²) < 4.78 is 4.50. The predicted octanol–water partition coefficient (Wildman–Crippen LogP) is 3.31. The molecule has 2 aromatic carbocycles. The van der Waals surface area contributed by atoms with Crippen molar-refractivity contribution in [2.75, 3.05) is 11.6 Å². The van der Waals surface area contributed by atoms with Crippen molar-refractivity contribution in [1.82, 2.24) is 10.1 Å². The van der Waals surface area contributed by atoms with Gasteiger partial charge < -0.3 is 5.32 Å². The maximum Gasteiger partial charge on any atom is 0.439 e. The van der Waals surface area contributed by atoms with Crippen LogP contribution in [0.3, 0.4) is 0 Å². The van der Waals surface area contributed by atoms with Gasteiger partial charge in [-0.3, -0.25) is 14.3 Å². The molecule has 0 saturated carbocycles. The Morgan fingerprint density at radius 2 is 2.08 bits per heavy atom. The summed E-state index contributed by atoms with van der Waals surface area (Å²) in [5, 5.41) is 6.51. The van der Waals surface area contributed by atoms with E-state index < -0.39 is 5.76 Å². The number of rotatable bonds is 4. The average molecular weight is 341 g/mol. The minimum Gasteiger partial charge on any atom is -0.322 e. The SMILES string of the molecule is CSc1ccc(C)c(C(=O)Nc2cccc(-c3noc(=O)[nH]3)c2)c1. The van der Waals surface area contributed by atoms with E-state index in [-0.39, 0.29) is 5.91 Å². The molecule has 6 nitrogen and oxygen atoms in total. The molecule has 0 spiro atoms. The fraction of sp³-hybridized carbons (Fsp3) is 0.118. The van der Waals surface area contributed by atoms with Crippen molar-refractivity contribution < 1.29 is 9.32 Å². The summed E-state index contributed by atoms with van der Waals surface area (Å²) in [6, 6.07) is 12.8. The Kier molecular flexibility index (Phi) is 4.52. The molecule has 0 radical (unpaired) electrons. The van der Waals surface area contributed by atoms with Gasteiger partial charge in [0.1, 0.15) is 0 Å². The van der Waals surface area contributed by atoms with Crippen LogP contribution in [0.15, 0.2) is 56.7 Å². The number of thioether (sulfide) groups is 1. The lowest BCUT2D eigenvalue weighted by Gasteiger charge is -2.09. The average Bonchev–Trinajstić information content (AvgIpc) is 3.02. The number of amides is 1. The minimum atomic E-state index is -0.621. The predicted molar refractivity (Wildman–Crippen MR) is 93.5 cm³/mol. The van der Waals surface area contributed by atoms with Crippen LogP contribution in [-0.2, 0) is 0 Å². The zero-order valence-corrected chi connectivity index (χ0v) is 13.9. The van der Waals surface area contributed by atoms with E-state index in [1.165, 1.54) is 0 Å². The van der Waals surface area contributed by atoms with Crippen molar-refractivity contribution in [3.05, 3.63) is 64.1 Å². The largest absolute Gasteiger partial charge is 0.439 e. The number of aromatic amines is 1. The Bertz CT molecular complexity index is 946. The normalized spacial score (nSPS) is 10.6. The topological polar surface area (TPSA) is 88.0 Å². The van der Waals surface area contributed by atoms with Crippen LogP contribution in [0.1, 0.15) is 15.9 Å². The standard InChI is InChI=1S/C17H15N3O3S/c1-10-6-7-13(24-2)9-14(10)16(21)18-12-5-3-4-11(8-12)15-19-17(22)23-20-15/h3-9H,1-2H3,(H,18,21)(H,19,20,22). The molecule has 1 heterocycles. The molecule has 0 aliphatic carbocycles. The summed E-state index contributed by atoms with van der Waals surface area (Å²) in [5.41, 5.74) is 2.79. The summed E-state index contributed by atoms with van der Waals surface area (Å²) in [6.07, 6.45) is 1.97. The lowest BCUT2D eigenvalue weighted by molar-refractivity contribution is 0.102. The molecule has 0 unspecified atom stereocenters. The first kappa shape index (κ1) is 16.1. The molecule has 0 aliphatic heterocycles. The van der Waals surface area contributed by atoms with Crippen LogP contribution in [0.25, 0.3) is 11.4 Å². The molecule has 0 aliphatic rings. The molecule has 3 aromatic rings. The van der Waals surface area contributed by atoms with Crippen LogP contribution < -0.4 is 11.1 Å². The molecular weight excluding hydrogens is 326 g/mol. The fourth-order valence-corrected chi connectivity index (χ4v) is 2.71. The highest BCUT2D eigenvalue weighted by molar-refractivity contribution is 7.98. The lowest BCUT2D eigenvalue weighted by Crippen LogP contribution is -2.13. The van der Waals surface area contributed by atoms with Crippen LogP contribution in [0, 0.1) is 6.92 Å². The second kappa shape index (κ2) is 6.76. The molecular formula is C17H15N3O3S. The van der Waals surface area contributed by atoms with Crippen molar-refractivity contribution in [2.45, 2.75) is 11.8 Å². The van der Waals surface area contributed by atoms with Gasteiger partial charge in [-0.25, -0.2) is 4.79 Å². The van der Waals surface area contributed by atoms with Crippen LogP contribution in [-0.4, -0.2) is 22.3 Å². The Morgan fingerprint density at radius 3 is 2.79 bits per heavy atom. The highest BCUT2D eigenvalue weighted by Gasteiger charge is 2.11. The Morgan fingerprint density at radius 1 is 1.25 bits per heavy atom. The molecule has 0 bridgehead atoms. The second-order valence-electron chi connectivity index (χ2n) is 5.16. The summed E-state index contributed by atoms with van der Waals surface area (Å²) in [4.78, 5) is 27.1. The molecule has 24 heavy (non-hydrogen) atoms. The van der Waals surface area contributed by atoms with Crippen molar-refractivity contribution in [2.24, 2.45) is 0 Å². The van der Waals surface area contributed by atoms with Crippen molar-refractivity contribution >= 4 is 23.4 Å². The highest BCUT2D eigenvalue weighted by atomic mass is 32.2. The zero-order valence-electron chi connectivity index (χ0n) is 13.1. The number of H-pyrrole nitrogens is 1. The zero-order chi connectivity index (χ0) is 17.1. The number of nitrogens with zero attached hydrogens (tertiary/aromatic N) is 1. The van der Waals surface area contributed by atoms with Crippen molar-refractivity contribution in [3.8, 4) is 11.4 Å². The van der Waals surface area contributed by atoms with Gasteiger partial charge in [0.15, 0.2) is 5.82 Å². The molecule has 1 aromatic heterocycles. The van der Waals surface area contributed by atoms with Gasteiger partial charge >= 0.3 is 5.76 Å². The Balaban J connectivity index is 1.86. The first-order valence-corrected chi connectivity index (χ1v) is 8.42. The van der Waals surface area contributed by atoms with E-state index in [9.17, 15) is 9.59 Å². The van der Waals surface area contributed by atoms with E-state index in [0.29, 0.717) is 22.6 Å². The molecule has 2 N–H and O–H groups in total. The third-order valence-electron chi connectivity index (χ3n) is 3.52. The smallest absolute Gasteiger partial charge is 0.322 e. The Labute approximate surface area is 142 Å². The number of carbonyl (C=O) groups is 1. The van der Waals surface area contributed by atoms with E-state index in [0.717, 1.165) is 10.5 Å². The van der Waals surface area contributed by atoms with E-state index in [2.05, 4.69) is 20.0 Å². The first-order valence-electron chi connectivity index (χ1n) is 7.19. The quantitative estimate of drug-likeness (QED) is 0.711.